The first kappa shape index (κ1) is 21.3. The zero-order chi connectivity index (χ0) is 23.0. The molecule has 5 heteroatoms. The van der Waals surface area contributed by atoms with Gasteiger partial charge in [0.15, 0.2) is 0 Å². The third kappa shape index (κ3) is 3.99. The summed E-state index contributed by atoms with van der Waals surface area (Å²) in [6, 6.07) is 20.6. The van der Waals surface area contributed by atoms with Crippen LogP contribution in [0.5, 0.6) is 0 Å². The van der Waals surface area contributed by atoms with Crippen molar-refractivity contribution in [3.8, 4) is 16.8 Å². The Balaban J connectivity index is 1.43. The van der Waals surface area contributed by atoms with E-state index in [2.05, 4.69) is 41.0 Å². The van der Waals surface area contributed by atoms with Gasteiger partial charge in [-0.05, 0) is 67.7 Å². The van der Waals surface area contributed by atoms with Crippen molar-refractivity contribution in [3.63, 3.8) is 0 Å². The van der Waals surface area contributed by atoms with E-state index < -0.39 is 17.7 Å². The summed E-state index contributed by atoms with van der Waals surface area (Å²) in [7, 11) is 0. The summed E-state index contributed by atoms with van der Waals surface area (Å²) in [5.41, 5.74) is 6.02. The van der Waals surface area contributed by atoms with Crippen molar-refractivity contribution in [3.05, 3.63) is 83.2 Å². The Labute approximate surface area is 193 Å². The highest BCUT2D eigenvalue weighted by Gasteiger charge is 2.46. The fraction of sp³-hybridized carbons (Fsp3) is 0.286. The van der Waals surface area contributed by atoms with Crippen LogP contribution >= 0.6 is 0 Å². The molecule has 2 aliphatic rings. The number of nitrogens with zero attached hydrogens (tertiary/aromatic N) is 1. The second kappa shape index (κ2) is 8.39. The van der Waals surface area contributed by atoms with Gasteiger partial charge >= 0.3 is 11.9 Å². The number of hydrogen-bond donors (Lipinski definition) is 0. The molecular weight excluding hydrogens is 414 g/mol. The lowest BCUT2D eigenvalue weighted by atomic mass is 9.93. The Kier molecular flexibility index (Phi) is 5.41. The average molecular weight is 442 g/mol. The van der Waals surface area contributed by atoms with Crippen LogP contribution in [0.1, 0.15) is 49.1 Å². The van der Waals surface area contributed by atoms with Crippen LogP contribution < -0.4 is 0 Å². The lowest BCUT2D eigenvalue weighted by molar-refractivity contribution is -0.244. The van der Waals surface area contributed by atoms with Crippen molar-refractivity contribution in [2.24, 2.45) is 0 Å². The van der Waals surface area contributed by atoms with E-state index >= 15 is 0 Å². The third-order valence-corrected chi connectivity index (χ3v) is 6.62. The van der Waals surface area contributed by atoms with Crippen molar-refractivity contribution in [1.82, 2.24) is 4.57 Å². The first-order chi connectivity index (χ1) is 16.0. The van der Waals surface area contributed by atoms with E-state index in [1.807, 2.05) is 38.1 Å². The molecule has 5 nitrogen and oxygen atoms in total. The van der Waals surface area contributed by atoms with Crippen LogP contribution in [-0.2, 0) is 19.1 Å². The van der Waals surface area contributed by atoms with Gasteiger partial charge in [0.25, 0.3) is 5.79 Å². The molecule has 3 aromatic rings. The molecule has 1 aliphatic carbocycles. The van der Waals surface area contributed by atoms with Gasteiger partial charge in [0, 0.05) is 29.9 Å². The number of hydrogen-bond acceptors (Lipinski definition) is 4. The maximum atomic E-state index is 12.7. The molecule has 1 aliphatic heterocycles. The smallest absolute Gasteiger partial charge is 0.348 e. The number of rotatable bonds is 3. The predicted octanol–water partition coefficient (Wildman–Crippen LogP) is 5.90. The lowest BCUT2D eigenvalue weighted by Gasteiger charge is -2.38. The van der Waals surface area contributed by atoms with Crippen molar-refractivity contribution >= 4 is 18.0 Å². The van der Waals surface area contributed by atoms with E-state index in [1.54, 1.807) is 6.08 Å². The van der Waals surface area contributed by atoms with Crippen LogP contribution in [0.4, 0.5) is 0 Å². The Morgan fingerprint density at radius 1 is 0.818 bits per heavy atom. The minimum atomic E-state index is -1.07. The zero-order valence-electron chi connectivity index (χ0n) is 19.0. The molecule has 2 heterocycles. The van der Waals surface area contributed by atoms with E-state index in [9.17, 15) is 9.59 Å². The highest BCUT2D eigenvalue weighted by Crippen LogP contribution is 2.37. The van der Waals surface area contributed by atoms with Gasteiger partial charge in [-0.15, -0.1) is 0 Å². The second-order valence-corrected chi connectivity index (χ2v) is 8.88. The minimum Gasteiger partial charge on any atom is -0.419 e. The van der Waals surface area contributed by atoms with E-state index in [-0.39, 0.29) is 5.57 Å². The van der Waals surface area contributed by atoms with Crippen molar-refractivity contribution < 1.29 is 19.1 Å². The maximum absolute atomic E-state index is 12.7. The van der Waals surface area contributed by atoms with Crippen molar-refractivity contribution in [2.75, 3.05) is 0 Å². The molecular formula is C28H27NO4. The summed E-state index contributed by atoms with van der Waals surface area (Å²) in [6.45, 7) is 3.99. The quantitative estimate of drug-likeness (QED) is 0.288. The van der Waals surface area contributed by atoms with Crippen molar-refractivity contribution in [2.45, 2.75) is 51.7 Å². The maximum Gasteiger partial charge on any atom is 0.348 e. The fourth-order valence-corrected chi connectivity index (χ4v) is 4.88. The number of aromatic nitrogens is 1. The van der Waals surface area contributed by atoms with Crippen molar-refractivity contribution in [1.29, 1.82) is 0 Å². The molecule has 0 atom stereocenters. The topological polar surface area (TPSA) is 57.5 Å². The number of benzene rings is 2. The average Bonchev–Trinajstić information content (AvgIpc) is 3.10. The molecule has 0 bridgehead atoms. The number of carbonyl (C=O) groups excluding carboxylic acids is 2. The van der Waals surface area contributed by atoms with Crippen LogP contribution in [0.2, 0.25) is 0 Å². The molecule has 1 saturated carbocycles. The van der Waals surface area contributed by atoms with Crippen LogP contribution in [0.3, 0.4) is 0 Å². The van der Waals surface area contributed by atoms with Gasteiger partial charge in [-0.2, -0.15) is 0 Å². The van der Waals surface area contributed by atoms with Gasteiger partial charge in [-0.1, -0.05) is 48.9 Å². The van der Waals surface area contributed by atoms with Gasteiger partial charge in [-0.25, -0.2) is 9.59 Å². The first-order valence-corrected chi connectivity index (χ1v) is 11.5. The van der Waals surface area contributed by atoms with Gasteiger partial charge in [0.05, 0.1) is 0 Å². The molecule has 33 heavy (non-hydrogen) atoms. The minimum absolute atomic E-state index is 0.0501. The van der Waals surface area contributed by atoms with Crippen LogP contribution in [0, 0.1) is 13.8 Å². The summed E-state index contributed by atoms with van der Waals surface area (Å²) in [5, 5.41) is 0. The molecule has 0 amide bonds. The van der Waals surface area contributed by atoms with E-state index in [0.29, 0.717) is 12.8 Å². The molecule has 1 aromatic heterocycles. The second-order valence-electron chi connectivity index (χ2n) is 8.88. The third-order valence-electron chi connectivity index (χ3n) is 6.62. The summed E-state index contributed by atoms with van der Waals surface area (Å²) in [4.78, 5) is 25.5. The van der Waals surface area contributed by atoms with Crippen LogP contribution in [0.15, 0.2) is 66.2 Å². The van der Waals surface area contributed by atoms with E-state index in [1.165, 1.54) is 5.56 Å². The summed E-state index contributed by atoms with van der Waals surface area (Å²) < 4.78 is 13.4. The molecule has 0 radical (unpaired) electrons. The number of aryl methyl sites for hydroxylation is 1. The Hall–Kier alpha value is -3.60. The molecule has 5 rings (SSSR count). The molecule has 2 aromatic carbocycles. The highest BCUT2D eigenvalue weighted by molar-refractivity contribution is 6.19. The van der Waals surface area contributed by atoms with Gasteiger partial charge in [0.1, 0.15) is 5.57 Å². The normalized spacial score (nSPS) is 17.6. The lowest BCUT2D eigenvalue weighted by Crippen LogP contribution is -2.47. The summed E-state index contributed by atoms with van der Waals surface area (Å²) >= 11 is 0. The predicted molar refractivity (Wildman–Crippen MR) is 127 cm³/mol. The summed E-state index contributed by atoms with van der Waals surface area (Å²) in [6.07, 6.45) is 5.60. The Morgan fingerprint density at radius 3 is 2.06 bits per heavy atom. The molecule has 0 N–H and O–H groups in total. The largest absolute Gasteiger partial charge is 0.419 e. The molecule has 0 unspecified atom stereocenters. The SMILES string of the molecule is Cc1cc(C=C2C(=O)OC3(CCCCC3)OC2=O)c(C)n1-c1ccc(-c2ccccc2)cc1. The van der Waals surface area contributed by atoms with Gasteiger partial charge < -0.3 is 14.0 Å². The number of carbonyl (C=O) groups is 2. The van der Waals surface area contributed by atoms with Crippen LogP contribution in [-0.4, -0.2) is 22.3 Å². The van der Waals surface area contributed by atoms with Crippen LogP contribution in [0.25, 0.3) is 22.9 Å². The first-order valence-electron chi connectivity index (χ1n) is 11.5. The Morgan fingerprint density at radius 2 is 1.42 bits per heavy atom. The highest BCUT2D eigenvalue weighted by atomic mass is 16.7. The fourth-order valence-electron chi connectivity index (χ4n) is 4.88. The number of ether oxygens (including phenoxy) is 2. The zero-order valence-corrected chi connectivity index (χ0v) is 19.0. The Bertz CT molecular complexity index is 1210. The summed E-state index contributed by atoms with van der Waals surface area (Å²) in [5.74, 6) is -2.25. The molecule has 168 valence electrons. The number of esters is 2. The standard InChI is InChI=1S/C28H27NO4/c1-19-17-23(18-25-26(30)32-28(33-27(25)31)15-7-4-8-16-28)20(2)29(19)24-13-11-22(12-14-24)21-9-5-3-6-10-21/h3,5-6,9-14,17-18H,4,7-8,15-16H2,1-2H3. The molecule has 1 saturated heterocycles. The molecule has 2 fully saturated rings. The van der Waals surface area contributed by atoms with E-state index in [0.717, 1.165) is 47.5 Å². The molecule has 1 spiro atoms. The van der Waals surface area contributed by atoms with Gasteiger partial charge in [-0.3, -0.25) is 0 Å². The van der Waals surface area contributed by atoms with Gasteiger partial charge in [0.2, 0.25) is 0 Å². The van der Waals surface area contributed by atoms with E-state index in [4.69, 9.17) is 9.47 Å². The monoisotopic (exact) mass is 441 g/mol.